The summed E-state index contributed by atoms with van der Waals surface area (Å²) < 4.78 is 0. The van der Waals surface area contributed by atoms with Crippen LogP contribution in [0.3, 0.4) is 0 Å². The van der Waals surface area contributed by atoms with Crippen LogP contribution >= 0.6 is 0 Å². The lowest BCUT2D eigenvalue weighted by Gasteiger charge is -2.30. The summed E-state index contributed by atoms with van der Waals surface area (Å²) in [7, 11) is 0. The second kappa shape index (κ2) is 8.60. The van der Waals surface area contributed by atoms with Crippen LogP contribution in [0, 0.1) is 5.41 Å². The van der Waals surface area contributed by atoms with E-state index in [1.807, 2.05) is 0 Å². The second-order valence-corrected chi connectivity index (χ2v) is 6.61. The number of nitrogens with zero attached hydrogens (tertiary/aromatic N) is 1. The van der Waals surface area contributed by atoms with Crippen LogP contribution in [-0.2, 0) is 4.79 Å². The third-order valence-corrected chi connectivity index (χ3v) is 4.64. The van der Waals surface area contributed by atoms with Gasteiger partial charge in [0.2, 0.25) is 5.91 Å². The maximum atomic E-state index is 12.2. The molecule has 1 unspecified atom stereocenters. The van der Waals surface area contributed by atoms with E-state index in [4.69, 9.17) is 0 Å². The highest BCUT2D eigenvalue weighted by molar-refractivity contribution is 5.76. The zero-order valence-corrected chi connectivity index (χ0v) is 13.3. The first kappa shape index (κ1) is 16.5. The summed E-state index contributed by atoms with van der Waals surface area (Å²) in [6, 6.07) is 0. The van der Waals surface area contributed by atoms with Crippen LogP contribution in [0.2, 0.25) is 0 Å². The van der Waals surface area contributed by atoms with Crippen molar-refractivity contribution in [3.8, 4) is 0 Å². The van der Waals surface area contributed by atoms with Gasteiger partial charge in [-0.25, -0.2) is 0 Å². The predicted octanol–water partition coefficient (Wildman–Crippen LogP) is 4.78. The molecule has 0 radical (unpaired) electrons. The molecule has 1 aliphatic rings. The molecule has 1 amide bonds. The van der Waals surface area contributed by atoms with E-state index >= 15 is 0 Å². The Kier molecular flexibility index (Phi) is 7.48. The Hall–Kier alpha value is -0.530. The van der Waals surface area contributed by atoms with Crippen molar-refractivity contribution in [2.24, 2.45) is 5.41 Å². The maximum Gasteiger partial charge on any atom is 0.222 e. The number of carbonyl (C=O) groups excluding carboxylic acids is 1. The molecular weight excluding hydrogens is 234 g/mol. The summed E-state index contributed by atoms with van der Waals surface area (Å²) in [6.45, 7) is 8.91. The van der Waals surface area contributed by atoms with Crippen molar-refractivity contribution in [1.82, 2.24) is 4.90 Å². The Morgan fingerprint density at radius 2 is 1.68 bits per heavy atom. The van der Waals surface area contributed by atoms with Crippen molar-refractivity contribution in [2.75, 3.05) is 13.1 Å². The molecule has 1 aliphatic heterocycles. The molecule has 1 heterocycles. The predicted molar refractivity (Wildman–Crippen MR) is 82.2 cm³/mol. The third-order valence-electron chi connectivity index (χ3n) is 4.64. The summed E-state index contributed by atoms with van der Waals surface area (Å²) in [5.41, 5.74) is 0.388. The first-order valence-corrected chi connectivity index (χ1v) is 8.39. The van der Waals surface area contributed by atoms with Crippen LogP contribution in [0.1, 0.15) is 85.0 Å². The van der Waals surface area contributed by atoms with Gasteiger partial charge < -0.3 is 4.90 Å². The number of carbonyl (C=O) groups is 1. The topological polar surface area (TPSA) is 20.3 Å². The van der Waals surface area contributed by atoms with Gasteiger partial charge in [0.25, 0.3) is 0 Å². The smallest absolute Gasteiger partial charge is 0.222 e. The summed E-state index contributed by atoms with van der Waals surface area (Å²) in [5.74, 6) is 0.398. The molecule has 0 N–H and O–H groups in total. The fourth-order valence-corrected chi connectivity index (χ4v) is 3.31. The monoisotopic (exact) mass is 267 g/mol. The number of unbranched alkanes of at least 4 members (excludes halogenated alkanes) is 2. The lowest BCUT2D eigenvalue weighted by Crippen LogP contribution is -2.29. The average Bonchev–Trinajstić information content (AvgIpc) is 2.91. The molecule has 0 aromatic heterocycles. The Balaban J connectivity index is 2.36. The fraction of sp³-hybridized carbons (Fsp3) is 0.941. The van der Waals surface area contributed by atoms with E-state index in [-0.39, 0.29) is 0 Å². The van der Waals surface area contributed by atoms with Crippen LogP contribution in [0.4, 0.5) is 0 Å². The third kappa shape index (κ3) is 5.97. The quantitative estimate of drug-likeness (QED) is 0.551. The van der Waals surface area contributed by atoms with Crippen LogP contribution in [-0.4, -0.2) is 23.9 Å². The van der Waals surface area contributed by atoms with Gasteiger partial charge in [-0.3, -0.25) is 4.79 Å². The zero-order valence-electron chi connectivity index (χ0n) is 13.3. The molecule has 1 saturated heterocycles. The molecule has 1 rings (SSSR count). The zero-order chi connectivity index (χ0) is 14.1. The van der Waals surface area contributed by atoms with Crippen molar-refractivity contribution < 1.29 is 4.79 Å². The summed E-state index contributed by atoms with van der Waals surface area (Å²) in [6.07, 6.45) is 12.0. The molecule has 1 fully saturated rings. The van der Waals surface area contributed by atoms with Gasteiger partial charge >= 0.3 is 0 Å². The van der Waals surface area contributed by atoms with E-state index in [0.717, 1.165) is 25.9 Å². The minimum atomic E-state index is 0.388. The van der Waals surface area contributed by atoms with Gasteiger partial charge in [-0.2, -0.15) is 0 Å². The van der Waals surface area contributed by atoms with E-state index in [2.05, 4.69) is 25.7 Å². The van der Waals surface area contributed by atoms with Crippen molar-refractivity contribution in [1.29, 1.82) is 0 Å². The van der Waals surface area contributed by atoms with E-state index in [9.17, 15) is 4.79 Å². The normalized spacial score (nSPS) is 18.6. The van der Waals surface area contributed by atoms with Crippen LogP contribution in [0.25, 0.3) is 0 Å². The first-order chi connectivity index (χ1) is 9.11. The molecule has 0 aromatic rings. The van der Waals surface area contributed by atoms with Gasteiger partial charge in [0.1, 0.15) is 0 Å². The van der Waals surface area contributed by atoms with E-state index < -0.39 is 0 Å². The van der Waals surface area contributed by atoms with Gasteiger partial charge in [-0.15, -0.1) is 0 Å². The summed E-state index contributed by atoms with van der Waals surface area (Å²) >= 11 is 0. The second-order valence-electron chi connectivity index (χ2n) is 6.61. The Morgan fingerprint density at radius 1 is 1.00 bits per heavy atom. The summed E-state index contributed by atoms with van der Waals surface area (Å²) in [5, 5.41) is 0. The number of hydrogen-bond acceptors (Lipinski definition) is 1. The molecular formula is C17H33NO. The summed E-state index contributed by atoms with van der Waals surface area (Å²) in [4.78, 5) is 14.2. The largest absolute Gasteiger partial charge is 0.343 e. The van der Waals surface area contributed by atoms with Crippen molar-refractivity contribution in [3.63, 3.8) is 0 Å². The highest BCUT2D eigenvalue weighted by Crippen LogP contribution is 2.35. The van der Waals surface area contributed by atoms with Crippen molar-refractivity contribution in [2.45, 2.75) is 85.0 Å². The molecule has 2 nitrogen and oxygen atoms in total. The number of hydrogen-bond donors (Lipinski definition) is 0. The van der Waals surface area contributed by atoms with Gasteiger partial charge in [0.15, 0.2) is 0 Å². The molecule has 0 saturated carbocycles. The van der Waals surface area contributed by atoms with E-state index in [1.54, 1.807) is 0 Å². The first-order valence-electron chi connectivity index (χ1n) is 8.39. The number of amides is 1. The van der Waals surface area contributed by atoms with Crippen LogP contribution < -0.4 is 0 Å². The molecule has 0 aromatic carbocycles. The molecule has 0 aliphatic carbocycles. The Labute approximate surface area is 119 Å². The highest BCUT2D eigenvalue weighted by atomic mass is 16.2. The SMILES string of the molecule is CCCCCC(C)(CCC)CCC(=O)N1CCCC1. The molecule has 1 atom stereocenters. The standard InChI is InChI=1S/C17H33NO/c1-4-6-7-12-17(3,11-5-2)13-10-16(19)18-14-8-9-15-18/h4-15H2,1-3H3. The molecule has 0 bridgehead atoms. The van der Waals surface area contributed by atoms with Crippen LogP contribution in [0.5, 0.6) is 0 Å². The number of likely N-dealkylation sites (tertiary alicyclic amines) is 1. The van der Waals surface area contributed by atoms with Crippen molar-refractivity contribution in [3.05, 3.63) is 0 Å². The minimum absolute atomic E-state index is 0.388. The highest BCUT2D eigenvalue weighted by Gasteiger charge is 2.25. The van der Waals surface area contributed by atoms with Gasteiger partial charge in [-0.05, 0) is 37.5 Å². The minimum Gasteiger partial charge on any atom is -0.343 e. The molecule has 19 heavy (non-hydrogen) atoms. The lowest BCUT2D eigenvalue weighted by molar-refractivity contribution is -0.130. The average molecular weight is 267 g/mol. The van der Waals surface area contributed by atoms with Crippen molar-refractivity contribution >= 4 is 5.91 Å². The Bertz CT molecular complexity index is 258. The van der Waals surface area contributed by atoms with E-state index in [1.165, 1.54) is 51.4 Å². The Morgan fingerprint density at radius 3 is 2.26 bits per heavy atom. The van der Waals surface area contributed by atoms with Crippen LogP contribution in [0.15, 0.2) is 0 Å². The lowest BCUT2D eigenvalue weighted by atomic mass is 9.77. The maximum absolute atomic E-state index is 12.2. The number of rotatable bonds is 9. The van der Waals surface area contributed by atoms with Gasteiger partial charge in [0, 0.05) is 19.5 Å². The molecule has 112 valence electrons. The molecule has 2 heteroatoms. The molecule has 0 spiro atoms. The van der Waals surface area contributed by atoms with Gasteiger partial charge in [0.05, 0.1) is 0 Å². The van der Waals surface area contributed by atoms with Gasteiger partial charge in [-0.1, -0.05) is 46.5 Å². The fourth-order valence-electron chi connectivity index (χ4n) is 3.31. The van der Waals surface area contributed by atoms with E-state index in [0.29, 0.717) is 11.3 Å².